The summed E-state index contributed by atoms with van der Waals surface area (Å²) >= 11 is 0. The molecule has 0 atom stereocenters. The Kier molecular flexibility index (Phi) is 3.49. The predicted molar refractivity (Wildman–Crippen MR) is 73.0 cm³/mol. The molecule has 0 aromatic heterocycles. The molecule has 0 radical (unpaired) electrons. The van der Waals surface area contributed by atoms with Gasteiger partial charge in [-0.2, -0.15) is 0 Å². The summed E-state index contributed by atoms with van der Waals surface area (Å²) in [6.07, 6.45) is 3.45. The lowest BCUT2D eigenvalue weighted by Gasteiger charge is -2.28. The number of anilines is 2. The topological polar surface area (TPSA) is 75.4 Å². The van der Waals surface area contributed by atoms with Gasteiger partial charge in [-0.15, -0.1) is 0 Å². The molecule has 6 heteroatoms. The number of nitrogens with zero attached hydrogens (tertiary/aromatic N) is 1. The Morgan fingerprint density at radius 2 is 2.00 bits per heavy atom. The third kappa shape index (κ3) is 2.30. The summed E-state index contributed by atoms with van der Waals surface area (Å²) in [5, 5.41) is 3.29. The molecule has 1 saturated carbocycles. The Bertz CT molecular complexity index is 536. The molecule has 3 N–H and O–H groups in total. The highest BCUT2D eigenvalue weighted by Crippen LogP contribution is 2.31. The van der Waals surface area contributed by atoms with Crippen LogP contribution in [0.15, 0.2) is 23.1 Å². The predicted octanol–water partition coefficient (Wildman–Crippen LogP) is 1.48. The van der Waals surface area contributed by atoms with Gasteiger partial charge in [0.1, 0.15) is 4.90 Å². The number of hydrogen-bond acceptors (Lipinski definition) is 4. The molecular weight excluding hydrogens is 250 g/mol. The van der Waals surface area contributed by atoms with Crippen LogP contribution in [0.1, 0.15) is 19.3 Å². The van der Waals surface area contributed by atoms with Crippen LogP contribution in [0.4, 0.5) is 11.4 Å². The summed E-state index contributed by atoms with van der Waals surface area (Å²) in [6.45, 7) is 0. The average molecular weight is 269 g/mol. The van der Waals surface area contributed by atoms with E-state index in [9.17, 15) is 8.42 Å². The zero-order valence-electron chi connectivity index (χ0n) is 10.7. The molecule has 0 spiro atoms. The monoisotopic (exact) mass is 269 g/mol. The number of rotatable bonds is 4. The van der Waals surface area contributed by atoms with E-state index in [2.05, 4.69) is 5.32 Å². The van der Waals surface area contributed by atoms with Crippen LogP contribution in [0.2, 0.25) is 0 Å². The molecule has 0 amide bonds. The highest BCUT2D eigenvalue weighted by Gasteiger charge is 2.23. The third-order valence-corrected chi connectivity index (χ3v) is 5.16. The van der Waals surface area contributed by atoms with Crippen molar-refractivity contribution < 1.29 is 8.42 Å². The van der Waals surface area contributed by atoms with E-state index in [0.717, 1.165) is 12.8 Å². The van der Waals surface area contributed by atoms with Gasteiger partial charge in [-0.1, -0.05) is 6.07 Å². The summed E-state index contributed by atoms with van der Waals surface area (Å²) in [5.74, 6) is 0. The van der Waals surface area contributed by atoms with Gasteiger partial charge in [-0.05, 0) is 31.4 Å². The maximum atomic E-state index is 12.1. The van der Waals surface area contributed by atoms with Crippen molar-refractivity contribution in [1.29, 1.82) is 0 Å². The fourth-order valence-electron chi connectivity index (χ4n) is 1.86. The van der Waals surface area contributed by atoms with Crippen LogP contribution in [0.5, 0.6) is 0 Å². The zero-order valence-corrected chi connectivity index (χ0v) is 11.5. The summed E-state index contributed by atoms with van der Waals surface area (Å²) in [6, 6.07) is 5.50. The maximum absolute atomic E-state index is 12.1. The quantitative estimate of drug-likeness (QED) is 0.812. The van der Waals surface area contributed by atoms with Crippen LogP contribution in [0.25, 0.3) is 0 Å². The number of hydrogen-bond donors (Lipinski definition) is 2. The Hall–Kier alpha value is -1.27. The summed E-state index contributed by atoms with van der Waals surface area (Å²) < 4.78 is 25.4. The lowest BCUT2D eigenvalue weighted by atomic mass is 9.93. The number of nitrogens with two attached hydrogens (primary N) is 1. The first-order valence-electron chi connectivity index (χ1n) is 6.00. The molecule has 2 rings (SSSR count). The molecule has 1 aliphatic carbocycles. The molecule has 1 aliphatic rings. The summed E-state index contributed by atoms with van der Waals surface area (Å²) in [7, 11) is -0.485. The van der Waals surface area contributed by atoms with Crippen molar-refractivity contribution in [3.63, 3.8) is 0 Å². The summed E-state index contributed by atoms with van der Waals surface area (Å²) in [5.41, 5.74) is 6.98. The second kappa shape index (κ2) is 4.78. The first-order valence-corrected chi connectivity index (χ1v) is 7.44. The molecule has 18 heavy (non-hydrogen) atoms. The minimum atomic E-state index is -3.49. The smallest absolute Gasteiger partial charge is 0.244 e. The van der Waals surface area contributed by atoms with Crippen molar-refractivity contribution in [2.45, 2.75) is 30.2 Å². The lowest BCUT2D eigenvalue weighted by molar-refractivity contribution is 0.445. The Morgan fingerprint density at radius 1 is 1.33 bits per heavy atom. The van der Waals surface area contributed by atoms with Gasteiger partial charge < -0.3 is 11.1 Å². The van der Waals surface area contributed by atoms with Gasteiger partial charge in [0.05, 0.1) is 11.4 Å². The molecule has 0 bridgehead atoms. The minimum Gasteiger partial charge on any atom is -0.396 e. The van der Waals surface area contributed by atoms with Gasteiger partial charge in [0.25, 0.3) is 0 Å². The normalized spacial score (nSPS) is 16.6. The molecule has 0 saturated heterocycles. The lowest BCUT2D eigenvalue weighted by Crippen LogP contribution is -2.28. The van der Waals surface area contributed by atoms with Crippen LogP contribution >= 0.6 is 0 Å². The molecule has 1 aromatic carbocycles. The summed E-state index contributed by atoms with van der Waals surface area (Å²) in [4.78, 5) is 0.164. The van der Waals surface area contributed by atoms with Crippen LogP contribution in [-0.2, 0) is 10.0 Å². The Morgan fingerprint density at radius 3 is 2.50 bits per heavy atom. The fraction of sp³-hybridized carbons (Fsp3) is 0.500. The second-order valence-corrected chi connectivity index (χ2v) is 6.90. The minimum absolute atomic E-state index is 0.164. The van der Waals surface area contributed by atoms with Gasteiger partial charge in [0.15, 0.2) is 0 Å². The van der Waals surface area contributed by atoms with E-state index < -0.39 is 10.0 Å². The molecular formula is C12H19N3O2S. The molecule has 0 unspecified atom stereocenters. The SMILES string of the molecule is CN(C)S(=O)(=O)c1cccc(NC2CCC2)c1N. The van der Waals surface area contributed by atoms with Gasteiger partial charge >= 0.3 is 0 Å². The molecule has 0 aliphatic heterocycles. The maximum Gasteiger partial charge on any atom is 0.244 e. The average Bonchev–Trinajstić information content (AvgIpc) is 2.24. The van der Waals surface area contributed by atoms with E-state index in [1.807, 2.05) is 6.07 Å². The van der Waals surface area contributed by atoms with E-state index in [0.29, 0.717) is 17.4 Å². The van der Waals surface area contributed by atoms with E-state index in [1.165, 1.54) is 30.9 Å². The van der Waals surface area contributed by atoms with Gasteiger partial charge in [-0.25, -0.2) is 12.7 Å². The first-order chi connectivity index (χ1) is 8.43. The van der Waals surface area contributed by atoms with Gasteiger partial charge in [-0.3, -0.25) is 0 Å². The van der Waals surface area contributed by atoms with Crippen LogP contribution in [0, 0.1) is 0 Å². The van der Waals surface area contributed by atoms with Gasteiger partial charge in [0.2, 0.25) is 10.0 Å². The number of para-hydroxylation sites is 1. The number of benzene rings is 1. The van der Waals surface area contributed by atoms with E-state index >= 15 is 0 Å². The van der Waals surface area contributed by atoms with Crippen LogP contribution < -0.4 is 11.1 Å². The van der Waals surface area contributed by atoms with Crippen molar-refractivity contribution in [2.24, 2.45) is 0 Å². The van der Waals surface area contributed by atoms with Crippen molar-refractivity contribution in [3.05, 3.63) is 18.2 Å². The molecule has 5 nitrogen and oxygen atoms in total. The van der Waals surface area contributed by atoms with Crippen molar-refractivity contribution in [1.82, 2.24) is 4.31 Å². The second-order valence-electron chi connectivity index (χ2n) is 4.78. The Balaban J connectivity index is 2.35. The van der Waals surface area contributed by atoms with Crippen LogP contribution in [-0.4, -0.2) is 32.9 Å². The standard InChI is InChI=1S/C12H19N3O2S/c1-15(2)18(16,17)11-8-4-7-10(12(11)13)14-9-5-3-6-9/h4,7-9,14H,3,5-6,13H2,1-2H3. The van der Waals surface area contributed by atoms with E-state index in [1.54, 1.807) is 6.07 Å². The Labute approximate surface area is 108 Å². The molecule has 100 valence electrons. The molecule has 1 fully saturated rings. The van der Waals surface area contributed by atoms with Crippen molar-refractivity contribution in [3.8, 4) is 0 Å². The molecule has 0 heterocycles. The van der Waals surface area contributed by atoms with E-state index in [4.69, 9.17) is 5.73 Å². The van der Waals surface area contributed by atoms with E-state index in [-0.39, 0.29) is 4.90 Å². The third-order valence-electron chi connectivity index (χ3n) is 3.29. The largest absolute Gasteiger partial charge is 0.396 e. The van der Waals surface area contributed by atoms with Crippen molar-refractivity contribution in [2.75, 3.05) is 25.1 Å². The molecule has 1 aromatic rings. The highest BCUT2D eigenvalue weighted by atomic mass is 32.2. The van der Waals surface area contributed by atoms with Gasteiger partial charge in [0, 0.05) is 20.1 Å². The van der Waals surface area contributed by atoms with Crippen LogP contribution in [0.3, 0.4) is 0 Å². The number of nitrogen functional groups attached to an aromatic ring is 1. The first kappa shape index (κ1) is 13.2. The fourth-order valence-corrected chi connectivity index (χ4v) is 2.90. The number of nitrogens with one attached hydrogen (secondary N) is 1. The zero-order chi connectivity index (χ0) is 13.3. The van der Waals surface area contributed by atoms with Crippen molar-refractivity contribution >= 4 is 21.4 Å². The number of sulfonamides is 1. The highest BCUT2D eigenvalue weighted by molar-refractivity contribution is 7.89.